The van der Waals surface area contributed by atoms with Crippen LogP contribution in [-0.4, -0.2) is 29.2 Å². The number of esters is 1. The molecule has 6 nitrogen and oxygen atoms in total. The molecule has 1 aliphatic heterocycles. The molecule has 0 fully saturated rings. The van der Waals surface area contributed by atoms with Gasteiger partial charge in [-0.25, -0.2) is 0 Å². The summed E-state index contributed by atoms with van der Waals surface area (Å²) < 4.78 is 44.4. The number of hydrogen-bond donors (Lipinski definition) is 1. The number of halogens is 3. The maximum Gasteiger partial charge on any atom is 0.416 e. The van der Waals surface area contributed by atoms with Crippen molar-refractivity contribution in [3.05, 3.63) is 125 Å². The van der Waals surface area contributed by atoms with E-state index in [4.69, 9.17) is 4.74 Å². The van der Waals surface area contributed by atoms with Gasteiger partial charge in [0.25, 0.3) is 11.8 Å². The molecular weight excluding hydrogens is 545 g/mol. The average molecular weight is 573 g/mol. The normalized spacial score (nSPS) is 13.6. The van der Waals surface area contributed by atoms with Crippen LogP contribution in [0.15, 0.2) is 97.1 Å². The van der Waals surface area contributed by atoms with Crippen molar-refractivity contribution in [1.29, 1.82) is 0 Å². The van der Waals surface area contributed by atoms with Crippen LogP contribution in [-0.2, 0) is 33.5 Å². The van der Waals surface area contributed by atoms with Gasteiger partial charge in [-0.1, -0.05) is 66.7 Å². The van der Waals surface area contributed by atoms with E-state index in [2.05, 4.69) is 5.32 Å². The minimum atomic E-state index is -4.45. The molecule has 0 aromatic heterocycles. The standard InChI is InChI=1S/C33H27F3N2O4/c1-21(39)42-30(23-7-3-2-4-8-23)32(41)38-18-17-24-19-27(16-13-25(24)20-38)37-31(40)29-10-6-5-9-28(29)22-11-14-26(15-12-22)33(34,35)36/h2-16,19,30H,17-18,20H2,1H3,(H,37,40). The lowest BCUT2D eigenvalue weighted by atomic mass is 9.97. The molecule has 0 bridgehead atoms. The van der Waals surface area contributed by atoms with Gasteiger partial charge < -0.3 is 15.0 Å². The molecule has 0 saturated carbocycles. The van der Waals surface area contributed by atoms with E-state index < -0.39 is 29.7 Å². The predicted octanol–water partition coefficient (Wildman–Crippen LogP) is 6.81. The number of anilines is 1. The Hall–Kier alpha value is -4.92. The minimum Gasteiger partial charge on any atom is -0.447 e. The van der Waals surface area contributed by atoms with Gasteiger partial charge in [0.15, 0.2) is 0 Å². The number of fused-ring (bicyclic) bond motifs is 1. The fourth-order valence-electron chi connectivity index (χ4n) is 5.01. The number of nitrogens with one attached hydrogen (secondary N) is 1. The number of rotatable bonds is 6. The highest BCUT2D eigenvalue weighted by atomic mass is 19.4. The molecule has 1 unspecified atom stereocenters. The van der Waals surface area contributed by atoms with Crippen LogP contribution in [0.2, 0.25) is 0 Å². The fraction of sp³-hybridized carbons (Fsp3) is 0.182. The Bertz CT molecular complexity index is 1620. The number of nitrogens with zero attached hydrogens (tertiary/aromatic N) is 1. The van der Waals surface area contributed by atoms with Crippen molar-refractivity contribution in [3.8, 4) is 11.1 Å². The van der Waals surface area contributed by atoms with Crippen molar-refractivity contribution in [2.75, 3.05) is 11.9 Å². The molecule has 0 saturated heterocycles. The van der Waals surface area contributed by atoms with Gasteiger partial charge in [0.05, 0.1) is 5.56 Å². The summed E-state index contributed by atoms with van der Waals surface area (Å²) >= 11 is 0. The zero-order chi connectivity index (χ0) is 29.9. The number of hydrogen-bond acceptors (Lipinski definition) is 4. The number of carbonyl (C=O) groups excluding carboxylic acids is 3. The van der Waals surface area contributed by atoms with Crippen LogP contribution in [0, 0.1) is 0 Å². The van der Waals surface area contributed by atoms with Crippen molar-refractivity contribution < 1.29 is 32.3 Å². The molecule has 1 aliphatic rings. The second kappa shape index (κ2) is 11.9. The van der Waals surface area contributed by atoms with Crippen molar-refractivity contribution in [2.24, 2.45) is 0 Å². The van der Waals surface area contributed by atoms with E-state index in [1.807, 2.05) is 18.2 Å². The lowest BCUT2D eigenvalue weighted by molar-refractivity contribution is -0.159. The lowest BCUT2D eigenvalue weighted by Crippen LogP contribution is -2.40. The zero-order valence-corrected chi connectivity index (χ0v) is 22.7. The Kier molecular flexibility index (Phi) is 8.10. The van der Waals surface area contributed by atoms with Gasteiger partial charge in [0.1, 0.15) is 0 Å². The summed E-state index contributed by atoms with van der Waals surface area (Å²) in [6, 6.07) is 25.7. The van der Waals surface area contributed by atoms with E-state index in [0.29, 0.717) is 47.5 Å². The van der Waals surface area contributed by atoms with Gasteiger partial charge >= 0.3 is 12.1 Å². The molecule has 214 valence electrons. The van der Waals surface area contributed by atoms with Crippen molar-refractivity contribution in [2.45, 2.75) is 32.2 Å². The van der Waals surface area contributed by atoms with Gasteiger partial charge in [-0.15, -0.1) is 0 Å². The van der Waals surface area contributed by atoms with Gasteiger partial charge in [-0.05, 0) is 59.0 Å². The van der Waals surface area contributed by atoms with Crippen molar-refractivity contribution in [3.63, 3.8) is 0 Å². The molecule has 0 spiro atoms. The molecule has 1 atom stereocenters. The SMILES string of the molecule is CC(=O)OC(C(=O)N1CCc2cc(NC(=O)c3ccccc3-c3ccc(C(F)(F)F)cc3)ccc2C1)c1ccccc1. The maximum absolute atomic E-state index is 13.4. The summed E-state index contributed by atoms with van der Waals surface area (Å²) in [5.41, 5.74) is 3.60. The molecule has 1 N–H and O–H groups in total. The Morgan fingerprint density at radius 3 is 2.24 bits per heavy atom. The summed E-state index contributed by atoms with van der Waals surface area (Å²) in [4.78, 5) is 40.0. The van der Waals surface area contributed by atoms with E-state index in [9.17, 15) is 27.6 Å². The van der Waals surface area contributed by atoms with Crippen molar-refractivity contribution in [1.82, 2.24) is 4.90 Å². The Morgan fingerprint density at radius 2 is 1.55 bits per heavy atom. The average Bonchev–Trinajstić information content (AvgIpc) is 2.99. The molecule has 4 aromatic rings. The van der Waals surface area contributed by atoms with E-state index in [-0.39, 0.29) is 5.91 Å². The molecule has 0 radical (unpaired) electrons. The van der Waals surface area contributed by atoms with Crippen LogP contribution in [0.4, 0.5) is 18.9 Å². The van der Waals surface area contributed by atoms with E-state index >= 15 is 0 Å². The summed E-state index contributed by atoms with van der Waals surface area (Å²) in [5.74, 6) is -1.25. The molecule has 9 heteroatoms. The van der Waals surface area contributed by atoms with Gasteiger partial charge in [0, 0.05) is 36.8 Å². The van der Waals surface area contributed by atoms with E-state index in [1.165, 1.54) is 19.1 Å². The van der Waals surface area contributed by atoms with Crippen LogP contribution in [0.5, 0.6) is 0 Å². The van der Waals surface area contributed by atoms with Crippen molar-refractivity contribution >= 4 is 23.5 Å². The third-order valence-electron chi connectivity index (χ3n) is 7.09. The van der Waals surface area contributed by atoms with Gasteiger partial charge in [-0.3, -0.25) is 14.4 Å². The van der Waals surface area contributed by atoms with Crippen LogP contribution in [0.25, 0.3) is 11.1 Å². The quantitative estimate of drug-likeness (QED) is 0.258. The first kappa shape index (κ1) is 28.6. The topological polar surface area (TPSA) is 75.7 Å². The smallest absolute Gasteiger partial charge is 0.416 e. The summed E-state index contributed by atoms with van der Waals surface area (Å²) in [6.45, 7) is 2.00. The first-order valence-corrected chi connectivity index (χ1v) is 13.3. The highest BCUT2D eigenvalue weighted by molar-refractivity contribution is 6.08. The number of benzene rings is 4. The Labute approximate surface area is 240 Å². The monoisotopic (exact) mass is 572 g/mol. The first-order valence-electron chi connectivity index (χ1n) is 13.3. The van der Waals surface area contributed by atoms with E-state index in [1.54, 1.807) is 59.5 Å². The van der Waals surface area contributed by atoms with Crippen LogP contribution in [0.3, 0.4) is 0 Å². The first-order chi connectivity index (χ1) is 20.1. The second-order valence-electron chi connectivity index (χ2n) is 9.97. The second-order valence-corrected chi connectivity index (χ2v) is 9.97. The van der Waals surface area contributed by atoms with Gasteiger partial charge in [-0.2, -0.15) is 13.2 Å². The largest absolute Gasteiger partial charge is 0.447 e. The van der Waals surface area contributed by atoms with Gasteiger partial charge in [0.2, 0.25) is 6.10 Å². The molecule has 5 rings (SSSR count). The lowest BCUT2D eigenvalue weighted by Gasteiger charge is -2.32. The molecule has 0 aliphatic carbocycles. The Morgan fingerprint density at radius 1 is 0.857 bits per heavy atom. The summed E-state index contributed by atoms with van der Waals surface area (Å²) in [5, 5.41) is 2.89. The number of carbonyl (C=O) groups is 3. The number of ether oxygens (including phenoxy) is 1. The summed E-state index contributed by atoms with van der Waals surface area (Å²) in [7, 11) is 0. The third kappa shape index (κ3) is 6.35. The highest BCUT2D eigenvalue weighted by Gasteiger charge is 2.31. The van der Waals surface area contributed by atoms with E-state index in [0.717, 1.165) is 23.3 Å². The molecular formula is C33H27F3N2O4. The number of amides is 2. The van der Waals surface area contributed by atoms with Crippen LogP contribution >= 0.6 is 0 Å². The van der Waals surface area contributed by atoms with Crippen LogP contribution in [0.1, 0.15) is 45.6 Å². The highest BCUT2D eigenvalue weighted by Crippen LogP contribution is 2.32. The predicted molar refractivity (Wildman–Crippen MR) is 151 cm³/mol. The third-order valence-corrected chi connectivity index (χ3v) is 7.09. The zero-order valence-electron chi connectivity index (χ0n) is 22.7. The molecule has 42 heavy (non-hydrogen) atoms. The molecule has 2 amide bonds. The molecule has 1 heterocycles. The summed E-state index contributed by atoms with van der Waals surface area (Å²) in [6.07, 6.45) is -4.94. The Balaban J connectivity index is 1.31. The number of alkyl halides is 3. The fourth-order valence-corrected chi connectivity index (χ4v) is 5.01. The molecule has 4 aromatic carbocycles. The maximum atomic E-state index is 13.4. The minimum absolute atomic E-state index is 0.306. The van der Waals surface area contributed by atoms with Crippen LogP contribution < -0.4 is 5.32 Å².